The van der Waals surface area contributed by atoms with Crippen LogP contribution in [0.2, 0.25) is 0 Å². The molecule has 6 nitrogen and oxygen atoms in total. The maximum atomic E-state index is 10.1. The van der Waals surface area contributed by atoms with Crippen molar-refractivity contribution in [3.05, 3.63) is 0 Å². The number of aliphatic hydroxyl groups excluding tert-OH is 2. The number of carboxylic acids is 2. The molecule has 0 aromatic rings. The number of aliphatic hydroxyl groups is 2. The van der Waals surface area contributed by atoms with Gasteiger partial charge in [0.05, 0.1) is 0 Å². The summed E-state index contributed by atoms with van der Waals surface area (Å²) < 4.78 is 0. The highest BCUT2D eigenvalue weighted by molar-refractivity contribution is 5.66. The molecule has 0 spiro atoms. The first kappa shape index (κ1) is 25.1. The minimum atomic E-state index is -0.759. The van der Waals surface area contributed by atoms with Gasteiger partial charge in [0.15, 0.2) is 0 Å². The quantitative estimate of drug-likeness (QED) is 0.337. The Morgan fingerprint density at radius 1 is 0.708 bits per heavy atom. The van der Waals surface area contributed by atoms with Crippen molar-refractivity contribution >= 4 is 11.9 Å². The predicted octanol–water partition coefficient (Wildman–Crippen LogP) is 3.44. The molecule has 0 bridgehead atoms. The normalized spacial score (nSPS) is 11.5. The zero-order valence-electron chi connectivity index (χ0n) is 15.1. The van der Waals surface area contributed by atoms with Crippen LogP contribution in [0.4, 0.5) is 0 Å². The summed E-state index contributed by atoms with van der Waals surface area (Å²) >= 11 is 0. The Bertz CT molecular complexity index is 275. The van der Waals surface area contributed by atoms with Crippen LogP contribution < -0.4 is 0 Å². The summed E-state index contributed by atoms with van der Waals surface area (Å²) in [6.07, 6.45) is 10.1. The van der Waals surface area contributed by atoms with E-state index in [9.17, 15) is 9.59 Å². The molecule has 0 heterocycles. The molecule has 0 amide bonds. The molecule has 0 aliphatic rings. The maximum Gasteiger partial charge on any atom is 0.303 e. The second kappa shape index (κ2) is 19.9. The first-order valence-corrected chi connectivity index (χ1v) is 9.09. The Kier molecular flexibility index (Phi) is 20.8. The molecule has 144 valence electrons. The number of unbranched alkanes of at least 4 members (excludes halogenated alkanes) is 7. The Hall–Kier alpha value is -1.14. The monoisotopic (exact) mass is 348 g/mol. The zero-order chi connectivity index (χ0) is 18.6. The molecule has 0 saturated heterocycles. The fraction of sp³-hybridized carbons (Fsp3) is 0.889. The highest BCUT2D eigenvalue weighted by atomic mass is 16.4. The van der Waals surface area contributed by atoms with Crippen molar-refractivity contribution in [3.63, 3.8) is 0 Å². The lowest BCUT2D eigenvalue weighted by atomic mass is 10.0. The third kappa shape index (κ3) is 25.8. The number of hydrogen-bond acceptors (Lipinski definition) is 4. The SMILES string of the molecule is CC(CO)CCCCCCO.O=C(O)CCCCCCCC(=O)O. The molecule has 0 aliphatic carbocycles. The smallest absolute Gasteiger partial charge is 0.303 e. The van der Waals surface area contributed by atoms with Gasteiger partial charge in [-0.25, -0.2) is 0 Å². The van der Waals surface area contributed by atoms with Crippen LogP contribution in [0.3, 0.4) is 0 Å². The van der Waals surface area contributed by atoms with E-state index in [4.69, 9.17) is 20.4 Å². The van der Waals surface area contributed by atoms with E-state index in [1.54, 1.807) is 0 Å². The molecule has 24 heavy (non-hydrogen) atoms. The van der Waals surface area contributed by atoms with E-state index in [1.807, 2.05) is 0 Å². The van der Waals surface area contributed by atoms with Crippen LogP contribution in [0.1, 0.15) is 84.0 Å². The van der Waals surface area contributed by atoms with Crippen molar-refractivity contribution in [2.45, 2.75) is 84.0 Å². The van der Waals surface area contributed by atoms with E-state index in [1.165, 1.54) is 12.8 Å². The van der Waals surface area contributed by atoms with Crippen molar-refractivity contribution < 1.29 is 30.0 Å². The third-order valence-electron chi connectivity index (χ3n) is 3.70. The van der Waals surface area contributed by atoms with Gasteiger partial charge in [0.1, 0.15) is 0 Å². The Balaban J connectivity index is 0. The van der Waals surface area contributed by atoms with E-state index >= 15 is 0 Å². The first-order valence-electron chi connectivity index (χ1n) is 9.09. The van der Waals surface area contributed by atoms with Crippen LogP contribution >= 0.6 is 0 Å². The van der Waals surface area contributed by atoms with E-state index < -0.39 is 11.9 Å². The summed E-state index contributed by atoms with van der Waals surface area (Å²) in [4.78, 5) is 20.2. The Labute approximate surface area is 145 Å². The summed E-state index contributed by atoms with van der Waals surface area (Å²) in [6.45, 7) is 2.68. The molecule has 1 atom stereocenters. The standard InChI is InChI=1S/C9H16O4.C9H20O2/c10-8(11)6-4-2-1-3-5-7-9(12)13;1-9(8-11)6-4-2-3-5-7-10/h1-7H2,(H,10,11)(H,12,13);9-11H,2-8H2,1H3. The molecule has 1 unspecified atom stereocenters. The number of carbonyl (C=O) groups is 2. The average molecular weight is 348 g/mol. The van der Waals surface area contributed by atoms with Gasteiger partial charge >= 0.3 is 11.9 Å². The lowest BCUT2D eigenvalue weighted by Crippen LogP contribution is -1.99. The second-order valence-corrected chi connectivity index (χ2v) is 6.27. The lowest BCUT2D eigenvalue weighted by Gasteiger charge is -2.05. The van der Waals surface area contributed by atoms with Crippen LogP contribution in [-0.2, 0) is 9.59 Å². The lowest BCUT2D eigenvalue weighted by molar-refractivity contribution is -0.138. The molecule has 0 fully saturated rings. The van der Waals surface area contributed by atoms with Crippen LogP contribution in [0.25, 0.3) is 0 Å². The van der Waals surface area contributed by atoms with E-state index in [2.05, 4.69) is 6.92 Å². The largest absolute Gasteiger partial charge is 0.481 e. The van der Waals surface area contributed by atoms with Gasteiger partial charge in [0.25, 0.3) is 0 Å². The third-order valence-corrected chi connectivity index (χ3v) is 3.70. The van der Waals surface area contributed by atoms with Gasteiger partial charge in [-0.3, -0.25) is 9.59 Å². The summed E-state index contributed by atoms with van der Waals surface area (Å²) in [5.74, 6) is -1.07. The fourth-order valence-electron chi connectivity index (χ4n) is 2.13. The van der Waals surface area contributed by atoms with E-state index in [0.29, 0.717) is 32.0 Å². The summed E-state index contributed by atoms with van der Waals surface area (Å²) in [7, 11) is 0. The van der Waals surface area contributed by atoms with Crippen molar-refractivity contribution in [3.8, 4) is 0 Å². The second-order valence-electron chi connectivity index (χ2n) is 6.27. The molecule has 0 rings (SSSR count). The fourth-order valence-corrected chi connectivity index (χ4v) is 2.13. The molecule has 0 radical (unpaired) electrons. The van der Waals surface area contributed by atoms with Crippen molar-refractivity contribution in [2.75, 3.05) is 13.2 Å². The van der Waals surface area contributed by atoms with Gasteiger partial charge in [0, 0.05) is 26.1 Å². The number of hydrogen-bond donors (Lipinski definition) is 4. The molecular formula is C18H36O6. The van der Waals surface area contributed by atoms with Gasteiger partial charge in [-0.1, -0.05) is 45.4 Å². The molecule has 0 aromatic carbocycles. The predicted molar refractivity (Wildman–Crippen MR) is 94.0 cm³/mol. The van der Waals surface area contributed by atoms with Crippen LogP contribution in [0.15, 0.2) is 0 Å². The number of rotatable bonds is 15. The molecule has 6 heteroatoms. The van der Waals surface area contributed by atoms with Gasteiger partial charge in [-0.05, 0) is 31.6 Å². The minimum absolute atomic E-state index is 0.221. The molecule has 4 N–H and O–H groups in total. The maximum absolute atomic E-state index is 10.1. The van der Waals surface area contributed by atoms with E-state index in [0.717, 1.165) is 38.5 Å². The minimum Gasteiger partial charge on any atom is -0.481 e. The number of carboxylic acid groups (broad SMARTS) is 2. The van der Waals surface area contributed by atoms with Crippen molar-refractivity contribution in [1.29, 1.82) is 0 Å². The highest BCUT2D eigenvalue weighted by Gasteiger charge is 1.99. The van der Waals surface area contributed by atoms with Crippen LogP contribution in [0.5, 0.6) is 0 Å². The summed E-state index contributed by atoms with van der Waals surface area (Å²) in [5.41, 5.74) is 0. The summed E-state index contributed by atoms with van der Waals surface area (Å²) in [5, 5.41) is 33.8. The van der Waals surface area contributed by atoms with Crippen LogP contribution in [-0.4, -0.2) is 45.6 Å². The van der Waals surface area contributed by atoms with Gasteiger partial charge < -0.3 is 20.4 Å². The van der Waals surface area contributed by atoms with Gasteiger partial charge in [0.2, 0.25) is 0 Å². The topological polar surface area (TPSA) is 115 Å². The first-order chi connectivity index (χ1) is 11.4. The number of aliphatic carboxylic acids is 2. The van der Waals surface area contributed by atoms with Crippen molar-refractivity contribution in [1.82, 2.24) is 0 Å². The molecular weight excluding hydrogens is 312 g/mol. The Morgan fingerprint density at radius 2 is 1.12 bits per heavy atom. The Morgan fingerprint density at radius 3 is 1.54 bits per heavy atom. The highest BCUT2D eigenvalue weighted by Crippen LogP contribution is 2.09. The molecule has 0 aromatic heterocycles. The van der Waals surface area contributed by atoms with Gasteiger partial charge in [-0.2, -0.15) is 0 Å². The average Bonchev–Trinajstić information content (AvgIpc) is 2.53. The van der Waals surface area contributed by atoms with Gasteiger partial charge in [-0.15, -0.1) is 0 Å². The van der Waals surface area contributed by atoms with Crippen molar-refractivity contribution in [2.24, 2.45) is 5.92 Å². The molecule has 0 aliphatic heterocycles. The van der Waals surface area contributed by atoms with Crippen LogP contribution in [0, 0.1) is 5.92 Å². The summed E-state index contributed by atoms with van der Waals surface area (Å²) in [6, 6.07) is 0. The molecule has 0 saturated carbocycles. The van der Waals surface area contributed by atoms with E-state index in [-0.39, 0.29) is 12.8 Å². The zero-order valence-corrected chi connectivity index (χ0v) is 15.1.